The minimum absolute atomic E-state index is 0.166. The molecule has 2 aromatic carbocycles. The first-order chi connectivity index (χ1) is 15.4. The highest BCUT2D eigenvalue weighted by Crippen LogP contribution is 2.36. The van der Waals surface area contributed by atoms with E-state index in [9.17, 15) is 32.7 Å². The number of amides is 4. The molecular weight excluding hydrogens is 531 g/mol. The number of halogens is 5. The number of aliphatic hydroxyl groups is 1. The summed E-state index contributed by atoms with van der Waals surface area (Å²) in [5.41, 5.74) is -2.46. The Morgan fingerprint density at radius 2 is 1.88 bits per heavy atom. The molecule has 2 atom stereocenters. The number of carbonyl (C=O) groups excluding carboxylic acids is 3. The number of aliphatic hydroxyl groups excluding tert-OH is 1. The number of alkyl halides is 3. The fraction of sp³-hybridized carbons (Fsp3) is 0.286. The van der Waals surface area contributed by atoms with Crippen molar-refractivity contribution in [3.8, 4) is 0 Å². The minimum Gasteiger partial charge on any atom is -0.394 e. The molecule has 0 spiro atoms. The Hall–Kier alpha value is -2.63. The van der Waals surface area contributed by atoms with E-state index in [-0.39, 0.29) is 5.02 Å². The van der Waals surface area contributed by atoms with Crippen molar-refractivity contribution in [1.82, 2.24) is 15.5 Å². The van der Waals surface area contributed by atoms with Gasteiger partial charge in [-0.15, -0.1) is 0 Å². The van der Waals surface area contributed by atoms with Crippen molar-refractivity contribution in [3.63, 3.8) is 0 Å². The lowest BCUT2D eigenvalue weighted by atomic mass is 9.92. The number of benzene rings is 2. The Balaban J connectivity index is 1.78. The number of rotatable bonds is 6. The van der Waals surface area contributed by atoms with Crippen molar-refractivity contribution < 1.29 is 32.7 Å². The van der Waals surface area contributed by atoms with Gasteiger partial charge in [-0.05, 0) is 42.3 Å². The first-order valence-electron chi connectivity index (χ1n) is 9.54. The highest BCUT2D eigenvalue weighted by Gasteiger charge is 2.49. The minimum atomic E-state index is -4.78. The van der Waals surface area contributed by atoms with Crippen LogP contribution in [0.5, 0.6) is 0 Å². The molecule has 0 aromatic heterocycles. The predicted molar refractivity (Wildman–Crippen MR) is 116 cm³/mol. The number of hydrogen-bond donors (Lipinski definition) is 3. The Morgan fingerprint density at radius 1 is 1.24 bits per heavy atom. The molecule has 176 valence electrons. The van der Waals surface area contributed by atoms with E-state index in [0.29, 0.717) is 16.5 Å². The fourth-order valence-electron chi connectivity index (χ4n) is 3.50. The number of nitrogens with one attached hydrogen (secondary N) is 2. The lowest BCUT2D eigenvalue weighted by Gasteiger charge is -2.23. The maximum Gasteiger partial charge on any atom is 0.416 e. The highest BCUT2D eigenvalue weighted by atomic mass is 79.9. The maximum atomic E-state index is 13.4. The molecule has 1 heterocycles. The van der Waals surface area contributed by atoms with Crippen molar-refractivity contribution in [2.75, 3.05) is 13.2 Å². The van der Waals surface area contributed by atoms with E-state index in [4.69, 9.17) is 11.6 Å². The molecule has 0 bridgehead atoms. The molecule has 1 fully saturated rings. The third kappa shape index (κ3) is 5.15. The monoisotopic (exact) mass is 547 g/mol. The highest BCUT2D eigenvalue weighted by molar-refractivity contribution is 9.10. The van der Waals surface area contributed by atoms with Crippen LogP contribution < -0.4 is 10.6 Å². The first-order valence-corrected chi connectivity index (χ1v) is 10.7. The van der Waals surface area contributed by atoms with Crippen LogP contribution in [-0.4, -0.2) is 41.0 Å². The second kappa shape index (κ2) is 9.32. The van der Waals surface area contributed by atoms with Gasteiger partial charge in [0.05, 0.1) is 18.2 Å². The van der Waals surface area contributed by atoms with Gasteiger partial charge < -0.3 is 15.7 Å². The average molecular weight is 549 g/mol. The van der Waals surface area contributed by atoms with Crippen molar-refractivity contribution in [2.45, 2.75) is 24.7 Å². The molecular formula is C21H18BrClF3N3O4. The number of imide groups is 1. The average Bonchev–Trinajstić information content (AvgIpc) is 2.96. The van der Waals surface area contributed by atoms with Crippen molar-refractivity contribution >= 4 is 45.4 Å². The van der Waals surface area contributed by atoms with Crippen LogP contribution in [0.1, 0.15) is 29.7 Å². The summed E-state index contributed by atoms with van der Waals surface area (Å²) < 4.78 is 41.0. The lowest BCUT2D eigenvalue weighted by Crippen LogP contribution is -2.44. The van der Waals surface area contributed by atoms with Crippen LogP contribution in [0.15, 0.2) is 46.9 Å². The zero-order valence-electron chi connectivity index (χ0n) is 17.0. The van der Waals surface area contributed by atoms with Crippen molar-refractivity contribution in [2.24, 2.45) is 0 Å². The van der Waals surface area contributed by atoms with E-state index in [0.717, 1.165) is 10.5 Å². The fourth-order valence-corrected chi connectivity index (χ4v) is 3.94. The largest absolute Gasteiger partial charge is 0.416 e. The summed E-state index contributed by atoms with van der Waals surface area (Å²) in [7, 11) is 0. The molecule has 12 heteroatoms. The smallest absolute Gasteiger partial charge is 0.394 e. The summed E-state index contributed by atoms with van der Waals surface area (Å²) in [6, 6.07) is 7.30. The number of nitrogens with zero attached hydrogens (tertiary/aromatic N) is 1. The van der Waals surface area contributed by atoms with E-state index in [1.807, 2.05) is 0 Å². The van der Waals surface area contributed by atoms with Crippen LogP contribution >= 0.6 is 27.5 Å². The molecule has 1 saturated heterocycles. The Kier molecular flexibility index (Phi) is 7.06. The SMILES string of the molecule is CC1(c2ccc(Br)cc2)NC(=O)N(CC(=O)NC(CO)c2ccc(Cl)cc2C(F)(F)F)C1=O. The molecule has 4 amide bonds. The summed E-state index contributed by atoms with van der Waals surface area (Å²) >= 11 is 8.95. The summed E-state index contributed by atoms with van der Waals surface area (Å²) in [6.07, 6.45) is -4.78. The number of hydrogen-bond acceptors (Lipinski definition) is 4. The first kappa shape index (κ1) is 25.0. The van der Waals surface area contributed by atoms with Gasteiger partial charge in [0.1, 0.15) is 12.1 Å². The normalized spacial score (nSPS) is 19.4. The van der Waals surface area contributed by atoms with Gasteiger partial charge in [0, 0.05) is 9.50 Å². The molecule has 3 rings (SSSR count). The molecule has 1 aliphatic rings. The number of carbonyl (C=O) groups is 3. The molecule has 1 aliphatic heterocycles. The second-order valence-corrected chi connectivity index (χ2v) is 8.84. The third-order valence-electron chi connectivity index (χ3n) is 5.21. The van der Waals surface area contributed by atoms with E-state index >= 15 is 0 Å². The zero-order valence-corrected chi connectivity index (χ0v) is 19.4. The van der Waals surface area contributed by atoms with E-state index < -0.39 is 59.9 Å². The van der Waals surface area contributed by atoms with E-state index in [1.54, 1.807) is 24.3 Å². The Bertz CT molecular complexity index is 1100. The van der Waals surface area contributed by atoms with Gasteiger partial charge in [0.15, 0.2) is 0 Å². The van der Waals surface area contributed by atoms with E-state index in [2.05, 4.69) is 26.6 Å². The van der Waals surface area contributed by atoms with Crippen LogP contribution in [0.25, 0.3) is 0 Å². The van der Waals surface area contributed by atoms with Gasteiger partial charge in [-0.2, -0.15) is 13.2 Å². The second-order valence-electron chi connectivity index (χ2n) is 7.49. The lowest BCUT2D eigenvalue weighted by molar-refractivity contribution is -0.139. The Labute approximate surface area is 200 Å². The molecule has 2 unspecified atom stereocenters. The molecule has 0 saturated carbocycles. The Morgan fingerprint density at radius 3 is 2.45 bits per heavy atom. The molecule has 3 N–H and O–H groups in total. The van der Waals surface area contributed by atoms with Gasteiger partial charge in [0.2, 0.25) is 5.91 Å². The van der Waals surface area contributed by atoms with Gasteiger partial charge in [-0.3, -0.25) is 14.5 Å². The summed E-state index contributed by atoms with van der Waals surface area (Å²) in [4.78, 5) is 38.6. The van der Waals surface area contributed by atoms with Crippen LogP contribution in [0.4, 0.5) is 18.0 Å². The molecule has 33 heavy (non-hydrogen) atoms. The maximum absolute atomic E-state index is 13.4. The van der Waals surface area contributed by atoms with Gasteiger partial charge in [-0.25, -0.2) is 4.79 Å². The van der Waals surface area contributed by atoms with Gasteiger partial charge in [-0.1, -0.05) is 45.7 Å². The van der Waals surface area contributed by atoms with Crippen LogP contribution in [0, 0.1) is 0 Å². The van der Waals surface area contributed by atoms with Crippen LogP contribution in [0.3, 0.4) is 0 Å². The standard InChI is InChI=1S/C21H18BrClF3N3O4/c1-20(11-2-4-12(22)5-3-11)18(32)29(19(33)28-20)9-17(31)27-16(10-30)14-7-6-13(23)8-15(14)21(24,25)26/h2-8,16,30H,9-10H2,1H3,(H,27,31)(H,28,33). The predicted octanol–water partition coefficient (Wildman–Crippen LogP) is 3.74. The van der Waals surface area contributed by atoms with E-state index in [1.165, 1.54) is 13.0 Å². The number of urea groups is 1. The summed E-state index contributed by atoms with van der Waals surface area (Å²) in [5.74, 6) is -1.63. The van der Waals surface area contributed by atoms with Gasteiger partial charge in [0.25, 0.3) is 5.91 Å². The summed E-state index contributed by atoms with van der Waals surface area (Å²) in [6.45, 7) is -0.121. The molecule has 7 nitrogen and oxygen atoms in total. The molecule has 2 aromatic rings. The van der Waals surface area contributed by atoms with Crippen LogP contribution in [0.2, 0.25) is 5.02 Å². The topological polar surface area (TPSA) is 98.7 Å². The molecule has 0 radical (unpaired) electrons. The quantitative estimate of drug-likeness (QED) is 0.479. The van der Waals surface area contributed by atoms with Crippen LogP contribution in [-0.2, 0) is 21.3 Å². The molecule has 0 aliphatic carbocycles. The zero-order chi connectivity index (χ0) is 24.6. The van der Waals surface area contributed by atoms with Crippen molar-refractivity contribution in [3.05, 3.63) is 68.7 Å². The third-order valence-corrected chi connectivity index (χ3v) is 5.98. The van der Waals surface area contributed by atoms with Gasteiger partial charge >= 0.3 is 12.2 Å². The van der Waals surface area contributed by atoms with Crippen molar-refractivity contribution in [1.29, 1.82) is 0 Å². The summed E-state index contributed by atoms with van der Waals surface area (Å²) in [5, 5.41) is 14.2.